The van der Waals surface area contributed by atoms with Crippen LogP contribution in [-0.2, 0) is 0 Å². The molecule has 2 heterocycles. The Labute approximate surface area is 78.3 Å². The second-order valence-electron chi connectivity index (χ2n) is 3.88. The van der Waals surface area contributed by atoms with E-state index in [9.17, 15) is 0 Å². The molecule has 0 saturated carbocycles. The first-order valence-electron chi connectivity index (χ1n) is 4.67. The van der Waals surface area contributed by atoms with Crippen LogP contribution in [0, 0.1) is 0 Å². The molecule has 1 aliphatic heterocycles. The first-order chi connectivity index (χ1) is 6.18. The molecule has 4 nitrogen and oxygen atoms in total. The number of hydrogen-bond donors (Lipinski definition) is 1. The Morgan fingerprint density at radius 3 is 2.85 bits per heavy atom. The van der Waals surface area contributed by atoms with Crippen LogP contribution >= 0.6 is 0 Å². The molecule has 1 aliphatic rings. The number of rotatable bonds is 1. The summed E-state index contributed by atoms with van der Waals surface area (Å²) in [6, 6.07) is 2.94. The highest BCUT2D eigenvalue weighted by molar-refractivity contribution is 5.27. The smallest absolute Gasteiger partial charge is 0.122 e. The summed E-state index contributed by atoms with van der Waals surface area (Å²) in [5.74, 6) is 0.771. The van der Waals surface area contributed by atoms with E-state index < -0.39 is 0 Å². The molecule has 1 aromatic heterocycles. The molecule has 2 rings (SSSR count). The summed E-state index contributed by atoms with van der Waals surface area (Å²) >= 11 is 0. The number of nitrogens with zero attached hydrogens (tertiary/aromatic N) is 3. The number of hydrogen-bond acceptors (Lipinski definition) is 3. The number of likely N-dealkylation sites (N-methyl/N-ethyl adjacent to an activating group) is 1. The molecular weight excluding hydrogens is 164 g/mol. The molecule has 1 saturated heterocycles. The fraction of sp³-hybridized carbons (Fsp3) is 0.667. The van der Waals surface area contributed by atoms with Gasteiger partial charge in [0.25, 0.3) is 0 Å². The van der Waals surface area contributed by atoms with Gasteiger partial charge in [-0.3, -0.25) is 0 Å². The first kappa shape index (κ1) is 8.56. The summed E-state index contributed by atoms with van der Waals surface area (Å²) < 4.78 is 1.93. The van der Waals surface area contributed by atoms with E-state index in [2.05, 4.69) is 24.0 Å². The predicted molar refractivity (Wildman–Crippen MR) is 52.4 cm³/mol. The third-order valence-corrected chi connectivity index (χ3v) is 2.91. The van der Waals surface area contributed by atoms with Gasteiger partial charge in [0, 0.05) is 12.6 Å². The van der Waals surface area contributed by atoms with Crippen molar-refractivity contribution in [3.63, 3.8) is 0 Å². The van der Waals surface area contributed by atoms with Gasteiger partial charge < -0.3 is 10.6 Å². The maximum atomic E-state index is 5.79. The summed E-state index contributed by atoms with van der Waals surface area (Å²) in [4.78, 5) is 2.34. The van der Waals surface area contributed by atoms with Crippen molar-refractivity contribution in [1.82, 2.24) is 14.7 Å². The molecule has 1 fully saturated rings. The first-order valence-corrected chi connectivity index (χ1v) is 4.67. The van der Waals surface area contributed by atoms with E-state index in [1.807, 2.05) is 10.7 Å². The minimum Gasteiger partial charge on any atom is -0.384 e. The summed E-state index contributed by atoms with van der Waals surface area (Å²) in [5, 5.41) is 4.23. The lowest BCUT2D eigenvalue weighted by molar-refractivity contribution is 0.323. The quantitative estimate of drug-likeness (QED) is 0.693. The lowest BCUT2D eigenvalue weighted by Gasteiger charge is -2.13. The highest BCUT2D eigenvalue weighted by Gasteiger charge is 2.28. The number of likely N-dealkylation sites (tertiary alicyclic amines) is 1. The van der Waals surface area contributed by atoms with E-state index in [1.54, 1.807) is 6.20 Å². The minimum atomic E-state index is 0.454. The fourth-order valence-electron chi connectivity index (χ4n) is 1.97. The third-order valence-electron chi connectivity index (χ3n) is 2.91. The molecule has 13 heavy (non-hydrogen) atoms. The molecule has 4 heteroatoms. The highest BCUT2D eigenvalue weighted by Crippen LogP contribution is 2.26. The van der Waals surface area contributed by atoms with Gasteiger partial charge in [0.1, 0.15) is 5.82 Å². The maximum absolute atomic E-state index is 5.79. The predicted octanol–water partition coefficient (Wildman–Crippen LogP) is 0.730. The van der Waals surface area contributed by atoms with E-state index in [-0.39, 0.29) is 0 Å². The van der Waals surface area contributed by atoms with Crippen LogP contribution in [0.15, 0.2) is 12.3 Å². The van der Waals surface area contributed by atoms with Crippen LogP contribution < -0.4 is 5.73 Å². The van der Waals surface area contributed by atoms with Gasteiger partial charge in [-0.05, 0) is 26.5 Å². The molecule has 1 aromatic rings. The lowest BCUT2D eigenvalue weighted by atomic mass is 10.2. The van der Waals surface area contributed by atoms with Crippen molar-refractivity contribution in [2.75, 3.05) is 19.3 Å². The fourth-order valence-corrected chi connectivity index (χ4v) is 1.97. The van der Waals surface area contributed by atoms with Gasteiger partial charge in [-0.1, -0.05) is 0 Å². The summed E-state index contributed by atoms with van der Waals surface area (Å²) in [6.07, 6.45) is 2.90. The van der Waals surface area contributed by atoms with Gasteiger partial charge in [0.2, 0.25) is 0 Å². The minimum absolute atomic E-state index is 0.454. The van der Waals surface area contributed by atoms with Crippen LogP contribution in [0.2, 0.25) is 0 Å². The molecule has 72 valence electrons. The van der Waals surface area contributed by atoms with Crippen molar-refractivity contribution in [3.8, 4) is 0 Å². The van der Waals surface area contributed by atoms with E-state index in [4.69, 9.17) is 5.73 Å². The van der Waals surface area contributed by atoms with E-state index in [0.29, 0.717) is 12.1 Å². The second kappa shape index (κ2) is 3.03. The summed E-state index contributed by atoms with van der Waals surface area (Å²) in [7, 11) is 2.14. The van der Waals surface area contributed by atoms with Crippen molar-refractivity contribution in [1.29, 1.82) is 0 Å². The molecule has 0 radical (unpaired) electrons. The Morgan fingerprint density at radius 2 is 2.38 bits per heavy atom. The molecule has 2 atom stereocenters. The molecule has 0 bridgehead atoms. The zero-order chi connectivity index (χ0) is 9.42. The number of nitrogen functional groups attached to an aromatic ring is 1. The maximum Gasteiger partial charge on any atom is 0.122 e. The van der Waals surface area contributed by atoms with Crippen LogP contribution in [0.4, 0.5) is 5.82 Å². The lowest BCUT2D eigenvalue weighted by Crippen LogP contribution is -2.22. The monoisotopic (exact) mass is 180 g/mol. The molecule has 0 aromatic carbocycles. The summed E-state index contributed by atoms with van der Waals surface area (Å²) in [6.45, 7) is 3.28. The van der Waals surface area contributed by atoms with Gasteiger partial charge in [-0.15, -0.1) is 0 Å². The highest BCUT2D eigenvalue weighted by atomic mass is 15.4. The topological polar surface area (TPSA) is 47.1 Å². The van der Waals surface area contributed by atoms with Crippen LogP contribution in [0.3, 0.4) is 0 Å². The Morgan fingerprint density at radius 1 is 1.62 bits per heavy atom. The Hall–Kier alpha value is -1.03. The zero-order valence-electron chi connectivity index (χ0n) is 8.14. The van der Waals surface area contributed by atoms with Gasteiger partial charge in [0.15, 0.2) is 0 Å². The van der Waals surface area contributed by atoms with E-state index in [0.717, 1.165) is 18.8 Å². The van der Waals surface area contributed by atoms with Gasteiger partial charge in [-0.25, -0.2) is 4.68 Å². The van der Waals surface area contributed by atoms with Crippen molar-refractivity contribution < 1.29 is 0 Å². The Balaban J connectivity index is 2.16. The van der Waals surface area contributed by atoms with Crippen molar-refractivity contribution >= 4 is 5.82 Å². The van der Waals surface area contributed by atoms with Crippen LogP contribution in [0.1, 0.15) is 19.4 Å². The average Bonchev–Trinajstić information content (AvgIpc) is 2.60. The zero-order valence-corrected chi connectivity index (χ0v) is 8.14. The largest absolute Gasteiger partial charge is 0.384 e. The molecule has 0 spiro atoms. The molecule has 0 aliphatic carbocycles. The van der Waals surface area contributed by atoms with E-state index in [1.165, 1.54) is 0 Å². The van der Waals surface area contributed by atoms with Gasteiger partial charge in [0.05, 0.1) is 12.2 Å². The Bertz CT molecular complexity index is 284. The second-order valence-corrected chi connectivity index (χ2v) is 3.88. The van der Waals surface area contributed by atoms with Crippen LogP contribution in [0.5, 0.6) is 0 Å². The van der Waals surface area contributed by atoms with Gasteiger partial charge in [-0.2, -0.15) is 5.10 Å². The number of nitrogens with two attached hydrogens (primary N) is 1. The number of aromatic nitrogens is 2. The van der Waals surface area contributed by atoms with Crippen molar-refractivity contribution in [3.05, 3.63) is 12.3 Å². The SMILES string of the molecule is CC1CC(n2nccc2N)CN1C. The van der Waals surface area contributed by atoms with Crippen molar-refractivity contribution in [2.45, 2.75) is 25.4 Å². The Kier molecular flexibility index (Phi) is 2.00. The van der Waals surface area contributed by atoms with Crippen LogP contribution in [-0.4, -0.2) is 34.3 Å². The molecule has 2 unspecified atom stereocenters. The molecule has 0 amide bonds. The van der Waals surface area contributed by atoms with E-state index >= 15 is 0 Å². The summed E-state index contributed by atoms with van der Waals surface area (Å²) in [5.41, 5.74) is 5.79. The molecular formula is C9H16N4. The standard InChI is InChI=1S/C9H16N4/c1-7-5-8(6-12(7)2)13-9(10)3-4-11-13/h3-4,7-8H,5-6,10H2,1-2H3. The van der Waals surface area contributed by atoms with Gasteiger partial charge >= 0.3 is 0 Å². The normalized spacial score (nSPS) is 29.7. The third kappa shape index (κ3) is 1.42. The number of anilines is 1. The molecule has 2 N–H and O–H groups in total. The van der Waals surface area contributed by atoms with Crippen LogP contribution in [0.25, 0.3) is 0 Å². The average molecular weight is 180 g/mol. The van der Waals surface area contributed by atoms with Crippen molar-refractivity contribution in [2.24, 2.45) is 0 Å².